The Kier molecular flexibility index (Phi) is 5.51. The molecular weight excluding hydrogens is 404 g/mol. The minimum absolute atomic E-state index is 0.0169. The zero-order valence-electron chi connectivity index (χ0n) is 17.9. The molecule has 1 saturated heterocycles. The normalized spacial score (nSPS) is 14.0. The first-order valence-corrected chi connectivity index (χ1v) is 10.8. The number of nitrogens with zero attached hydrogens (tertiary/aromatic N) is 5. The van der Waals surface area contributed by atoms with E-state index in [-0.39, 0.29) is 5.91 Å². The highest BCUT2D eigenvalue weighted by atomic mass is 16.5. The van der Waals surface area contributed by atoms with Crippen LogP contribution in [0.2, 0.25) is 0 Å². The highest BCUT2D eigenvalue weighted by Gasteiger charge is 2.21. The van der Waals surface area contributed by atoms with Crippen LogP contribution >= 0.6 is 0 Å². The summed E-state index contributed by atoms with van der Waals surface area (Å²) in [4.78, 5) is 23.7. The van der Waals surface area contributed by atoms with Gasteiger partial charge in [0.2, 0.25) is 5.91 Å². The Morgan fingerprint density at radius 1 is 1.03 bits per heavy atom. The van der Waals surface area contributed by atoms with Gasteiger partial charge in [0.25, 0.3) is 0 Å². The lowest BCUT2D eigenvalue weighted by atomic mass is 10.2. The summed E-state index contributed by atoms with van der Waals surface area (Å²) in [6, 6.07) is 17.6. The molecule has 0 atom stereocenters. The van der Waals surface area contributed by atoms with E-state index >= 15 is 0 Å². The smallest absolute Gasteiger partial charge is 0.224 e. The number of morpholine rings is 1. The van der Waals surface area contributed by atoms with Crippen molar-refractivity contribution in [3.63, 3.8) is 0 Å². The number of amides is 1. The summed E-state index contributed by atoms with van der Waals surface area (Å²) in [7, 11) is 0. The summed E-state index contributed by atoms with van der Waals surface area (Å²) in [5, 5.41) is 8.40. The summed E-state index contributed by atoms with van der Waals surface area (Å²) < 4.78 is 7.38. The number of nitrogens with one attached hydrogen (secondary N) is 1. The van der Waals surface area contributed by atoms with Crippen LogP contribution in [0.4, 0.5) is 11.5 Å². The van der Waals surface area contributed by atoms with Gasteiger partial charge in [-0.2, -0.15) is 5.10 Å². The largest absolute Gasteiger partial charge is 0.378 e. The number of ether oxygens (including phenoxy) is 1. The number of hydrogen-bond acceptors (Lipinski definition) is 6. The maximum Gasteiger partial charge on any atom is 0.224 e. The Labute approximate surface area is 185 Å². The third-order valence-electron chi connectivity index (χ3n) is 5.47. The molecule has 0 spiro atoms. The molecule has 0 radical (unpaired) electrons. The summed E-state index contributed by atoms with van der Waals surface area (Å²) in [5.74, 6) is 1.46. The van der Waals surface area contributed by atoms with Gasteiger partial charge in [-0.05, 0) is 36.4 Å². The first-order valence-electron chi connectivity index (χ1n) is 10.8. The van der Waals surface area contributed by atoms with E-state index in [1.165, 1.54) is 0 Å². The van der Waals surface area contributed by atoms with E-state index in [2.05, 4.69) is 15.3 Å². The van der Waals surface area contributed by atoms with Gasteiger partial charge in [0, 0.05) is 30.8 Å². The summed E-state index contributed by atoms with van der Waals surface area (Å²) >= 11 is 0. The van der Waals surface area contributed by atoms with Gasteiger partial charge < -0.3 is 15.0 Å². The van der Waals surface area contributed by atoms with Crippen molar-refractivity contribution in [1.29, 1.82) is 0 Å². The lowest BCUT2D eigenvalue weighted by Gasteiger charge is -2.28. The fourth-order valence-electron chi connectivity index (χ4n) is 3.75. The Morgan fingerprint density at radius 2 is 1.78 bits per heavy atom. The van der Waals surface area contributed by atoms with Crippen molar-refractivity contribution in [2.45, 2.75) is 13.3 Å². The van der Waals surface area contributed by atoms with Gasteiger partial charge in [0.05, 0.1) is 30.5 Å². The molecular formula is C24H24N6O2. The molecule has 1 fully saturated rings. The maximum absolute atomic E-state index is 11.7. The van der Waals surface area contributed by atoms with E-state index in [0.29, 0.717) is 25.5 Å². The van der Waals surface area contributed by atoms with Gasteiger partial charge in [0.1, 0.15) is 5.82 Å². The van der Waals surface area contributed by atoms with E-state index in [9.17, 15) is 4.79 Å². The number of hydrogen-bond donors (Lipinski definition) is 1. The number of fused-ring (bicyclic) bond motifs is 1. The maximum atomic E-state index is 11.7. The molecule has 8 nitrogen and oxygen atoms in total. The number of benzene rings is 2. The molecule has 4 aromatic rings. The van der Waals surface area contributed by atoms with Crippen LogP contribution in [0, 0.1) is 0 Å². The summed E-state index contributed by atoms with van der Waals surface area (Å²) in [5.41, 5.74) is 3.32. The average molecular weight is 428 g/mol. The number of carbonyl (C=O) groups excluding carboxylic acids is 1. The van der Waals surface area contributed by atoms with Crippen molar-refractivity contribution in [2.75, 3.05) is 36.5 Å². The molecule has 0 aliphatic carbocycles. The lowest BCUT2D eigenvalue weighted by Crippen LogP contribution is -2.37. The molecule has 162 valence electrons. The molecule has 2 aromatic carbocycles. The first kappa shape index (κ1) is 20.1. The molecule has 1 aliphatic rings. The zero-order valence-corrected chi connectivity index (χ0v) is 17.9. The second kappa shape index (κ2) is 8.76. The molecule has 1 N–H and O–H groups in total. The molecule has 0 bridgehead atoms. The van der Waals surface area contributed by atoms with E-state index in [1.54, 1.807) is 0 Å². The Bertz CT molecular complexity index is 1230. The summed E-state index contributed by atoms with van der Waals surface area (Å²) in [6.45, 7) is 4.70. The van der Waals surface area contributed by atoms with E-state index < -0.39 is 0 Å². The first-order chi connectivity index (χ1) is 15.7. The molecule has 0 saturated carbocycles. The Hall–Kier alpha value is -3.78. The molecule has 2 aromatic heterocycles. The standard InChI is InChI=1S/C24H24N6O2/c1-2-21(31)26-18-10-8-17(9-11-18)22-27-23(29-12-14-32-15-13-29)20-16-25-30(24(20)28-22)19-6-4-3-5-7-19/h3-11,16H,2,12-15H2,1H3,(H,26,31). The van der Waals surface area contributed by atoms with Crippen LogP contribution in [0.15, 0.2) is 60.8 Å². The highest BCUT2D eigenvalue weighted by Crippen LogP contribution is 2.30. The van der Waals surface area contributed by atoms with Gasteiger partial charge in [-0.25, -0.2) is 14.6 Å². The fraction of sp³-hybridized carbons (Fsp3) is 0.250. The zero-order chi connectivity index (χ0) is 21.9. The van der Waals surface area contributed by atoms with Crippen molar-refractivity contribution in [1.82, 2.24) is 19.7 Å². The second-order valence-electron chi connectivity index (χ2n) is 7.58. The van der Waals surface area contributed by atoms with Crippen molar-refractivity contribution in [3.8, 4) is 17.1 Å². The van der Waals surface area contributed by atoms with E-state index in [4.69, 9.17) is 14.7 Å². The minimum atomic E-state index is -0.0169. The van der Waals surface area contributed by atoms with Crippen LogP contribution < -0.4 is 10.2 Å². The van der Waals surface area contributed by atoms with Gasteiger partial charge >= 0.3 is 0 Å². The monoisotopic (exact) mass is 428 g/mol. The molecule has 32 heavy (non-hydrogen) atoms. The third-order valence-corrected chi connectivity index (χ3v) is 5.47. The molecule has 1 amide bonds. The fourth-order valence-corrected chi connectivity index (χ4v) is 3.75. The lowest BCUT2D eigenvalue weighted by molar-refractivity contribution is -0.115. The van der Waals surface area contributed by atoms with Crippen molar-refractivity contribution in [3.05, 3.63) is 60.8 Å². The van der Waals surface area contributed by atoms with Crippen LogP contribution in [0.3, 0.4) is 0 Å². The third kappa shape index (κ3) is 3.92. The number of anilines is 2. The average Bonchev–Trinajstić information content (AvgIpc) is 3.29. The predicted octanol–water partition coefficient (Wildman–Crippen LogP) is 3.67. The van der Waals surface area contributed by atoms with Gasteiger partial charge in [-0.3, -0.25) is 4.79 Å². The quantitative estimate of drug-likeness (QED) is 0.522. The summed E-state index contributed by atoms with van der Waals surface area (Å²) in [6.07, 6.45) is 2.27. The predicted molar refractivity (Wildman–Crippen MR) is 124 cm³/mol. The van der Waals surface area contributed by atoms with Crippen molar-refractivity contribution >= 4 is 28.4 Å². The molecule has 1 aliphatic heterocycles. The van der Waals surface area contributed by atoms with Crippen LogP contribution in [0.1, 0.15) is 13.3 Å². The number of carbonyl (C=O) groups is 1. The highest BCUT2D eigenvalue weighted by molar-refractivity contribution is 5.91. The second-order valence-corrected chi connectivity index (χ2v) is 7.58. The number of para-hydroxylation sites is 1. The molecule has 5 rings (SSSR count). The van der Waals surface area contributed by atoms with E-state index in [0.717, 1.165) is 46.9 Å². The Balaban J connectivity index is 1.61. The van der Waals surface area contributed by atoms with Gasteiger partial charge in [0.15, 0.2) is 11.5 Å². The molecule has 0 unspecified atom stereocenters. The van der Waals surface area contributed by atoms with Gasteiger partial charge in [-0.1, -0.05) is 25.1 Å². The van der Waals surface area contributed by atoms with E-state index in [1.807, 2.05) is 72.4 Å². The van der Waals surface area contributed by atoms with Crippen LogP contribution in [-0.4, -0.2) is 52.0 Å². The van der Waals surface area contributed by atoms with Crippen LogP contribution in [0.25, 0.3) is 28.1 Å². The topological polar surface area (TPSA) is 85.2 Å². The Morgan fingerprint density at radius 3 is 2.50 bits per heavy atom. The van der Waals surface area contributed by atoms with Gasteiger partial charge in [-0.15, -0.1) is 0 Å². The molecule has 8 heteroatoms. The number of aromatic nitrogens is 4. The number of rotatable bonds is 5. The SMILES string of the molecule is CCC(=O)Nc1ccc(-c2nc(N3CCOCC3)c3cnn(-c4ccccc4)c3n2)cc1. The van der Waals surface area contributed by atoms with Crippen LogP contribution in [0.5, 0.6) is 0 Å². The van der Waals surface area contributed by atoms with Crippen molar-refractivity contribution in [2.24, 2.45) is 0 Å². The molecule has 3 heterocycles. The minimum Gasteiger partial charge on any atom is -0.378 e. The van der Waals surface area contributed by atoms with Crippen molar-refractivity contribution < 1.29 is 9.53 Å². The van der Waals surface area contributed by atoms with Crippen LogP contribution in [-0.2, 0) is 9.53 Å².